The third kappa shape index (κ3) is 1.52. The van der Waals surface area contributed by atoms with Gasteiger partial charge in [-0.15, -0.1) is 0 Å². The molecule has 0 fully saturated rings. The Hall–Kier alpha value is -1.09. The zero-order valence-corrected chi connectivity index (χ0v) is 7.22. The number of halogens is 1. The number of hydrogen-bond donors (Lipinski definition) is 1. The van der Waals surface area contributed by atoms with Gasteiger partial charge in [0.2, 0.25) is 0 Å². The molecule has 0 saturated heterocycles. The van der Waals surface area contributed by atoms with Crippen LogP contribution in [0.1, 0.15) is 11.1 Å². The van der Waals surface area contributed by atoms with Crippen molar-refractivity contribution in [2.24, 2.45) is 0 Å². The first-order valence-electron chi connectivity index (χ1n) is 4.36. The topological polar surface area (TPSA) is 29.5 Å². The van der Waals surface area contributed by atoms with Gasteiger partial charge in [0.1, 0.15) is 11.6 Å². The van der Waals surface area contributed by atoms with Crippen LogP contribution in [0.4, 0.5) is 4.39 Å². The highest BCUT2D eigenvalue weighted by atomic mass is 19.1. The second-order valence-electron chi connectivity index (χ2n) is 3.12. The molecule has 0 unspecified atom stereocenters. The standard InChI is InChI=1S/C10H11FO2/c11-9-6-10-8(2-4-13-10)5-7(9)1-3-12/h5-6,12H,1-4H2. The molecular weight excluding hydrogens is 171 g/mol. The summed E-state index contributed by atoms with van der Waals surface area (Å²) < 4.78 is 18.5. The minimum atomic E-state index is -0.283. The zero-order chi connectivity index (χ0) is 9.26. The van der Waals surface area contributed by atoms with Crippen molar-refractivity contribution in [2.45, 2.75) is 12.8 Å². The van der Waals surface area contributed by atoms with Gasteiger partial charge in [0.05, 0.1) is 6.61 Å². The number of fused-ring (bicyclic) bond motifs is 1. The number of aliphatic hydroxyl groups excluding tert-OH is 1. The maximum Gasteiger partial charge on any atom is 0.130 e. The van der Waals surface area contributed by atoms with Crippen LogP contribution in [0.2, 0.25) is 0 Å². The molecule has 0 atom stereocenters. The van der Waals surface area contributed by atoms with Crippen molar-refractivity contribution in [3.05, 3.63) is 29.1 Å². The molecule has 1 aromatic rings. The van der Waals surface area contributed by atoms with Crippen molar-refractivity contribution < 1.29 is 14.2 Å². The van der Waals surface area contributed by atoms with Crippen LogP contribution >= 0.6 is 0 Å². The fraction of sp³-hybridized carbons (Fsp3) is 0.400. The predicted octanol–water partition coefficient (Wildman–Crippen LogP) is 1.30. The number of ether oxygens (including phenoxy) is 1. The lowest BCUT2D eigenvalue weighted by molar-refractivity contribution is 0.297. The molecule has 13 heavy (non-hydrogen) atoms. The van der Waals surface area contributed by atoms with Gasteiger partial charge in [-0.2, -0.15) is 0 Å². The summed E-state index contributed by atoms with van der Waals surface area (Å²) in [5, 5.41) is 8.69. The van der Waals surface area contributed by atoms with Crippen molar-refractivity contribution >= 4 is 0 Å². The third-order valence-electron chi connectivity index (χ3n) is 2.24. The lowest BCUT2D eigenvalue weighted by Gasteiger charge is -2.04. The highest BCUT2D eigenvalue weighted by Crippen LogP contribution is 2.28. The van der Waals surface area contributed by atoms with Crippen molar-refractivity contribution in [2.75, 3.05) is 13.2 Å². The Morgan fingerprint density at radius 2 is 2.31 bits per heavy atom. The summed E-state index contributed by atoms with van der Waals surface area (Å²) >= 11 is 0. The second-order valence-corrected chi connectivity index (χ2v) is 3.12. The van der Waals surface area contributed by atoms with Crippen LogP contribution in [-0.4, -0.2) is 18.3 Å². The van der Waals surface area contributed by atoms with Gasteiger partial charge in [-0.1, -0.05) is 0 Å². The first kappa shape index (κ1) is 8.51. The first-order chi connectivity index (χ1) is 6.31. The summed E-state index contributed by atoms with van der Waals surface area (Å²) in [5.41, 5.74) is 1.62. The number of benzene rings is 1. The largest absolute Gasteiger partial charge is 0.493 e. The molecule has 1 aliphatic rings. The molecule has 2 nitrogen and oxygen atoms in total. The van der Waals surface area contributed by atoms with E-state index in [1.54, 1.807) is 6.07 Å². The molecule has 0 bridgehead atoms. The molecule has 1 aliphatic heterocycles. The van der Waals surface area contributed by atoms with Crippen LogP contribution in [-0.2, 0) is 12.8 Å². The van der Waals surface area contributed by atoms with E-state index in [1.807, 2.05) is 0 Å². The monoisotopic (exact) mass is 182 g/mol. The number of aliphatic hydroxyl groups is 1. The summed E-state index contributed by atoms with van der Waals surface area (Å²) in [5.74, 6) is 0.369. The molecule has 0 radical (unpaired) electrons. The summed E-state index contributed by atoms with van der Waals surface area (Å²) in [6, 6.07) is 3.20. The molecule has 1 heterocycles. The van der Waals surface area contributed by atoms with Crippen LogP contribution in [0.25, 0.3) is 0 Å². The van der Waals surface area contributed by atoms with E-state index in [0.29, 0.717) is 24.3 Å². The van der Waals surface area contributed by atoms with Crippen LogP contribution in [0.15, 0.2) is 12.1 Å². The Balaban J connectivity index is 2.37. The van der Waals surface area contributed by atoms with Crippen molar-refractivity contribution in [1.29, 1.82) is 0 Å². The first-order valence-corrected chi connectivity index (χ1v) is 4.36. The van der Waals surface area contributed by atoms with E-state index in [9.17, 15) is 4.39 Å². The summed E-state index contributed by atoms with van der Waals surface area (Å²) in [6.07, 6.45) is 1.22. The lowest BCUT2D eigenvalue weighted by Crippen LogP contribution is -1.96. The van der Waals surface area contributed by atoms with E-state index in [2.05, 4.69) is 0 Å². The van der Waals surface area contributed by atoms with Crippen molar-refractivity contribution in [3.8, 4) is 5.75 Å². The van der Waals surface area contributed by atoms with Gasteiger partial charge < -0.3 is 9.84 Å². The van der Waals surface area contributed by atoms with Crippen LogP contribution in [0, 0.1) is 5.82 Å². The van der Waals surface area contributed by atoms with Crippen LogP contribution in [0.5, 0.6) is 5.75 Å². The minimum absolute atomic E-state index is 0.0173. The molecule has 0 aliphatic carbocycles. The molecule has 0 amide bonds. The average molecular weight is 182 g/mol. The highest BCUT2D eigenvalue weighted by molar-refractivity contribution is 5.40. The van der Waals surface area contributed by atoms with E-state index in [4.69, 9.17) is 9.84 Å². The van der Waals surface area contributed by atoms with Gasteiger partial charge in [0, 0.05) is 19.1 Å². The van der Waals surface area contributed by atoms with Gasteiger partial charge in [0.15, 0.2) is 0 Å². The molecule has 0 saturated carbocycles. The lowest BCUT2D eigenvalue weighted by atomic mass is 10.1. The van der Waals surface area contributed by atoms with E-state index in [-0.39, 0.29) is 12.4 Å². The molecular formula is C10H11FO2. The maximum atomic E-state index is 13.2. The Morgan fingerprint density at radius 1 is 1.46 bits per heavy atom. The minimum Gasteiger partial charge on any atom is -0.493 e. The van der Waals surface area contributed by atoms with E-state index >= 15 is 0 Å². The Morgan fingerprint density at radius 3 is 3.08 bits per heavy atom. The number of hydrogen-bond acceptors (Lipinski definition) is 2. The number of rotatable bonds is 2. The van der Waals surface area contributed by atoms with E-state index in [0.717, 1.165) is 12.0 Å². The SMILES string of the molecule is OCCc1cc2c(cc1F)OCC2. The Labute approximate surface area is 76.0 Å². The second kappa shape index (κ2) is 3.34. The zero-order valence-electron chi connectivity index (χ0n) is 7.22. The molecule has 1 N–H and O–H groups in total. The summed E-state index contributed by atoms with van der Waals surface area (Å²) in [4.78, 5) is 0. The Kier molecular flexibility index (Phi) is 2.19. The quantitative estimate of drug-likeness (QED) is 0.746. The van der Waals surface area contributed by atoms with Gasteiger partial charge in [-0.3, -0.25) is 0 Å². The molecule has 0 spiro atoms. The van der Waals surface area contributed by atoms with Gasteiger partial charge >= 0.3 is 0 Å². The third-order valence-corrected chi connectivity index (χ3v) is 2.24. The predicted molar refractivity (Wildman–Crippen MR) is 46.4 cm³/mol. The van der Waals surface area contributed by atoms with Crippen LogP contribution < -0.4 is 4.74 Å². The van der Waals surface area contributed by atoms with Gasteiger partial charge in [0.25, 0.3) is 0 Å². The summed E-state index contributed by atoms with van der Waals surface area (Å²) in [7, 11) is 0. The fourth-order valence-electron chi connectivity index (χ4n) is 1.56. The Bertz CT molecular complexity index is 323. The molecule has 2 rings (SSSR count). The van der Waals surface area contributed by atoms with E-state index in [1.165, 1.54) is 6.07 Å². The van der Waals surface area contributed by atoms with Crippen molar-refractivity contribution in [1.82, 2.24) is 0 Å². The fourth-order valence-corrected chi connectivity index (χ4v) is 1.56. The van der Waals surface area contributed by atoms with Gasteiger partial charge in [-0.05, 0) is 23.6 Å². The molecule has 70 valence electrons. The smallest absolute Gasteiger partial charge is 0.130 e. The molecule has 0 aromatic heterocycles. The van der Waals surface area contributed by atoms with Crippen LogP contribution in [0.3, 0.4) is 0 Å². The molecule has 1 aromatic carbocycles. The highest BCUT2D eigenvalue weighted by Gasteiger charge is 2.15. The summed E-state index contributed by atoms with van der Waals surface area (Å²) in [6.45, 7) is 0.619. The van der Waals surface area contributed by atoms with E-state index < -0.39 is 0 Å². The van der Waals surface area contributed by atoms with Gasteiger partial charge in [-0.25, -0.2) is 4.39 Å². The maximum absolute atomic E-state index is 13.2. The van der Waals surface area contributed by atoms with Crippen molar-refractivity contribution in [3.63, 3.8) is 0 Å². The average Bonchev–Trinajstić information content (AvgIpc) is 2.52. The normalized spacial score (nSPS) is 14.0. The molecule has 3 heteroatoms.